The van der Waals surface area contributed by atoms with E-state index in [1.807, 2.05) is 66.7 Å². The summed E-state index contributed by atoms with van der Waals surface area (Å²) in [5.41, 5.74) is 2.06. The molecule has 2 aromatic rings. The van der Waals surface area contributed by atoms with Crippen molar-refractivity contribution in [2.45, 2.75) is 70.3 Å². The number of ether oxygens (including phenoxy) is 3. The van der Waals surface area contributed by atoms with E-state index in [0.717, 1.165) is 17.5 Å². The fourth-order valence-corrected chi connectivity index (χ4v) is 4.38. The number of benzene rings is 2. The van der Waals surface area contributed by atoms with Crippen LogP contribution in [0.4, 0.5) is 4.79 Å². The van der Waals surface area contributed by atoms with Gasteiger partial charge in [-0.1, -0.05) is 98.8 Å². The van der Waals surface area contributed by atoms with Gasteiger partial charge in [-0.15, -0.1) is 6.58 Å². The monoisotopic (exact) mass is 451 g/mol. The Hall–Kier alpha value is -2.63. The molecule has 0 spiro atoms. The lowest BCUT2D eigenvalue weighted by atomic mass is 9.83. The second-order valence-corrected chi connectivity index (χ2v) is 8.73. The van der Waals surface area contributed by atoms with E-state index in [0.29, 0.717) is 18.9 Å². The van der Waals surface area contributed by atoms with Crippen molar-refractivity contribution in [1.29, 1.82) is 0 Å². The number of hydrogen-bond donors (Lipinski definition) is 1. The number of hydrogen-bond acceptors (Lipinski definition) is 4. The number of rotatable bonds is 13. The molecule has 1 aliphatic carbocycles. The average Bonchev–Trinajstić information content (AvgIpc) is 2.86. The fourth-order valence-electron chi connectivity index (χ4n) is 4.38. The van der Waals surface area contributed by atoms with Gasteiger partial charge in [0.1, 0.15) is 13.4 Å². The summed E-state index contributed by atoms with van der Waals surface area (Å²) in [6, 6.07) is 19.6. The highest BCUT2D eigenvalue weighted by atomic mass is 16.7. The van der Waals surface area contributed by atoms with Crippen LogP contribution in [0.1, 0.15) is 56.1 Å². The SMILES string of the molecule is C=CC[C@H](OCOCc1ccccc1)[C@H](CC1CCCCC1)NC(=O)OCc1ccccc1. The van der Waals surface area contributed by atoms with E-state index in [2.05, 4.69) is 11.9 Å². The molecule has 2 aromatic carbocycles. The van der Waals surface area contributed by atoms with E-state index in [9.17, 15) is 4.79 Å². The molecular weight excluding hydrogens is 414 g/mol. The third-order valence-corrected chi connectivity index (χ3v) is 6.15. The van der Waals surface area contributed by atoms with Crippen molar-refractivity contribution in [3.63, 3.8) is 0 Å². The van der Waals surface area contributed by atoms with Crippen LogP contribution in [-0.2, 0) is 27.4 Å². The first kappa shape index (κ1) is 25.0. The highest BCUT2D eigenvalue weighted by molar-refractivity contribution is 5.67. The van der Waals surface area contributed by atoms with Crippen LogP contribution in [0.25, 0.3) is 0 Å². The van der Waals surface area contributed by atoms with Crippen LogP contribution in [0.2, 0.25) is 0 Å². The molecule has 0 radical (unpaired) electrons. The van der Waals surface area contributed by atoms with Crippen molar-refractivity contribution < 1.29 is 19.0 Å². The number of alkyl carbamates (subject to hydrolysis) is 1. The second kappa shape index (κ2) is 14.5. The van der Waals surface area contributed by atoms with Crippen LogP contribution in [0.3, 0.4) is 0 Å². The van der Waals surface area contributed by atoms with Gasteiger partial charge in [-0.3, -0.25) is 0 Å². The Kier molecular flexibility index (Phi) is 11.0. The molecule has 1 amide bonds. The molecule has 3 rings (SSSR count). The lowest BCUT2D eigenvalue weighted by Gasteiger charge is -2.32. The molecule has 178 valence electrons. The van der Waals surface area contributed by atoms with E-state index in [1.54, 1.807) is 0 Å². The largest absolute Gasteiger partial charge is 0.445 e. The van der Waals surface area contributed by atoms with Crippen LogP contribution in [-0.4, -0.2) is 25.0 Å². The topological polar surface area (TPSA) is 56.8 Å². The van der Waals surface area contributed by atoms with Gasteiger partial charge in [0.25, 0.3) is 0 Å². The van der Waals surface area contributed by atoms with Crippen LogP contribution >= 0.6 is 0 Å². The first-order valence-electron chi connectivity index (χ1n) is 12.1. The summed E-state index contributed by atoms with van der Waals surface area (Å²) in [7, 11) is 0. The van der Waals surface area contributed by atoms with Gasteiger partial charge in [-0.25, -0.2) is 4.79 Å². The summed E-state index contributed by atoms with van der Waals surface area (Å²) in [5.74, 6) is 0.583. The summed E-state index contributed by atoms with van der Waals surface area (Å²) in [6.07, 6.45) is 8.91. The lowest BCUT2D eigenvalue weighted by molar-refractivity contribution is -0.106. The summed E-state index contributed by atoms with van der Waals surface area (Å²) in [6.45, 7) is 4.79. The van der Waals surface area contributed by atoms with Crippen molar-refractivity contribution in [1.82, 2.24) is 5.32 Å². The molecule has 0 aliphatic heterocycles. The maximum atomic E-state index is 12.6. The van der Waals surface area contributed by atoms with Crippen molar-refractivity contribution in [2.75, 3.05) is 6.79 Å². The Balaban J connectivity index is 1.56. The number of amides is 1. The predicted molar refractivity (Wildman–Crippen MR) is 131 cm³/mol. The fraction of sp³-hybridized carbons (Fsp3) is 0.464. The maximum Gasteiger partial charge on any atom is 0.407 e. The molecule has 0 aromatic heterocycles. The highest BCUT2D eigenvalue weighted by Gasteiger charge is 2.28. The average molecular weight is 452 g/mol. The van der Waals surface area contributed by atoms with Crippen molar-refractivity contribution >= 4 is 6.09 Å². The van der Waals surface area contributed by atoms with E-state index < -0.39 is 6.09 Å². The molecule has 0 saturated heterocycles. The van der Waals surface area contributed by atoms with Crippen molar-refractivity contribution in [3.05, 3.63) is 84.4 Å². The minimum absolute atomic E-state index is 0.158. The lowest BCUT2D eigenvalue weighted by Crippen LogP contribution is -2.46. The van der Waals surface area contributed by atoms with Crippen LogP contribution in [0.15, 0.2) is 73.3 Å². The smallest absolute Gasteiger partial charge is 0.407 e. The van der Waals surface area contributed by atoms with Crippen LogP contribution < -0.4 is 5.32 Å². The predicted octanol–water partition coefficient (Wildman–Crippen LogP) is 6.39. The zero-order chi connectivity index (χ0) is 23.1. The zero-order valence-corrected chi connectivity index (χ0v) is 19.5. The molecule has 33 heavy (non-hydrogen) atoms. The van der Waals surface area contributed by atoms with Crippen molar-refractivity contribution in [3.8, 4) is 0 Å². The summed E-state index contributed by atoms with van der Waals surface area (Å²) < 4.78 is 17.4. The van der Waals surface area contributed by atoms with Gasteiger partial charge in [-0.05, 0) is 29.9 Å². The molecule has 1 fully saturated rings. The normalized spacial score (nSPS) is 16.0. The van der Waals surface area contributed by atoms with Crippen LogP contribution in [0, 0.1) is 5.92 Å². The molecule has 0 unspecified atom stereocenters. The minimum atomic E-state index is -0.414. The van der Waals surface area contributed by atoms with Gasteiger partial charge in [0.2, 0.25) is 0 Å². The highest BCUT2D eigenvalue weighted by Crippen LogP contribution is 2.29. The minimum Gasteiger partial charge on any atom is -0.445 e. The Labute approximate surface area is 198 Å². The molecule has 5 nitrogen and oxygen atoms in total. The van der Waals surface area contributed by atoms with Crippen LogP contribution in [0.5, 0.6) is 0 Å². The maximum absolute atomic E-state index is 12.6. The van der Waals surface area contributed by atoms with Gasteiger partial charge in [0, 0.05) is 0 Å². The Morgan fingerprint density at radius 2 is 1.61 bits per heavy atom. The summed E-state index contributed by atoms with van der Waals surface area (Å²) >= 11 is 0. The quantitative estimate of drug-likeness (QED) is 0.218. The van der Waals surface area contributed by atoms with E-state index >= 15 is 0 Å². The van der Waals surface area contributed by atoms with E-state index in [4.69, 9.17) is 14.2 Å². The molecule has 1 aliphatic rings. The van der Waals surface area contributed by atoms with Gasteiger partial charge in [0.15, 0.2) is 0 Å². The Bertz CT molecular complexity index is 805. The molecule has 0 bridgehead atoms. The Morgan fingerprint density at radius 3 is 2.24 bits per heavy atom. The van der Waals surface area contributed by atoms with E-state index in [1.165, 1.54) is 32.1 Å². The number of carbonyl (C=O) groups is 1. The number of nitrogens with one attached hydrogen (secondary N) is 1. The second-order valence-electron chi connectivity index (χ2n) is 8.73. The standard InChI is InChI=1S/C28H37NO4/c1-2-12-27(33-22-31-20-24-15-8-4-9-16-24)26(19-23-13-6-3-7-14-23)29-28(30)32-21-25-17-10-5-11-18-25/h2,4-5,8-11,15-18,23,26-27H,1,3,6-7,12-14,19-22H2,(H,29,30)/t26-,27-/m0/s1. The van der Waals surface area contributed by atoms with Gasteiger partial charge in [-0.2, -0.15) is 0 Å². The van der Waals surface area contributed by atoms with Gasteiger partial charge in [0.05, 0.1) is 18.8 Å². The first-order chi connectivity index (χ1) is 16.2. The molecule has 5 heteroatoms. The molecular formula is C28H37NO4. The zero-order valence-electron chi connectivity index (χ0n) is 19.5. The van der Waals surface area contributed by atoms with Gasteiger partial charge < -0.3 is 19.5 Å². The molecule has 1 saturated carbocycles. The number of carbonyl (C=O) groups excluding carboxylic acids is 1. The van der Waals surface area contributed by atoms with Crippen molar-refractivity contribution in [2.24, 2.45) is 5.92 Å². The summed E-state index contributed by atoms with van der Waals surface area (Å²) in [4.78, 5) is 12.6. The summed E-state index contributed by atoms with van der Waals surface area (Å²) in [5, 5.41) is 3.09. The van der Waals surface area contributed by atoms with Gasteiger partial charge >= 0.3 is 6.09 Å². The third-order valence-electron chi connectivity index (χ3n) is 6.15. The molecule has 0 heterocycles. The molecule has 1 N–H and O–H groups in total. The Morgan fingerprint density at radius 1 is 0.970 bits per heavy atom. The molecule has 2 atom stereocenters. The third kappa shape index (κ3) is 9.40. The first-order valence-corrected chi connectivity index (χ1v) is 12.1. The van der Waals surface area contributed by atoms with E-state index in [-0.39, 0.29) is 25.5 Å².